The highest BCUT2D eigenvalue weighted by Gasteiger charge is 2.28. The Bertz CT molecular complexity index is 1220. The molecule has 0 radical (unpaired) electrons. The summed E-state index contributed by atoms with van der Waals surface area (Å²) in [6.07, 6.45) is 0.450. The van der Waals surface area contributed by atoms with Crippen LogP contribution in [-0.2, 0) is 23.0 Å². The molecule has 0 aliphatic rings. The minimum absolute atomic E-state index is 0.00354. The molecule has 3 aromatic rings. The fourth-order valence-electron chi connectivity index (χ4n) is 3.43. The summed E-state index contributed by atoms with van der Waals surface area (Å²) in [5, 5.41) is 17.9. The number of nitrogens with one attached hydrogen (secondary N) is 1. The summed E-state index contributed by atoms with van der Waals surface area (Å²) in [7, 11) is -4.15. The second-order valence-corrected chi connectivity index (χ2v) is 10.1. The van der Waals surface area contributed by atoms with Crippen molar-refractivity contribution in [2.45, 2.75) is 37.6 Å². The van der Waals surface area contributed by atoms with E-state index in [-0.39, 0.29) is 29.4 Å². The van der Waals surface area contributed by atoms with Gasteiger partial charge in [-0.1, -0.05) is 50.2 Å². The molecule has 8 heteroatoms. The molecular formula is C25H28FN3O3S. The number of rotatable bonds is 9. The Balaban J connectivity index is 1.94. The van der Waals surface area contributed by atoms with Crippen molar-refractivity contribution in [3.05, 3.63) is 94.8 Å². The number of nitrogens with two attached hydrogens (primary N) is 1. The molecule has 6 nitrogen and oxygen atoms in total. The molecule has 0 amide bonds. The minimum Gasteiger partial charge on any atom is -0.507 e. The molecule has 0 spiro atoms. The first-order valence-electron chi connectivity index (χ1n) is 10.6. The molecule has 0 saturated carbocycles. The second-order valence-electron chi connectivity index (χ2n) is 8.21. The summed E-state index contributed by atoms with van der Waals surface area (Å²) in [4.78, 5) is -0.326. The van der Waals surface area contributed by atoms with E-state index in [2.05, 4.69) is 13.8 Å². The van der Waals surface area contributed by atoms with Crippen molar-refractivity contribution in [1.29, 1.82) is 5.41 Å². The Morgan fingerprint density at radius 1 is 1.03 bits per heavy atom. The third-order valence-electron chi connectivity index (χ3n) is 5.46. The summed E-state index contributed by atoms with van der Waals surface area (Å²) in [6, 6.07) is 17.4. The third-order valence-corrected chi connectivity index (χ3v) is 7.33. The molecule has 0 unspecified atom stereocenters. The smallest absolute Gasteiger partial charge is 0.247 e. The molecule has 0 fully saturated rings. The quantitative estimate of drug-likeness (QED) is 0.319. The zero-order valence-electron chi connectivity index (χ0n) is 18.6. The molecule has 0 heterocycles. The molecule has 0 bridgehead atoms. The van der Waals surface area contributed by atoms with Crippen LogP contribution < -0.4 is 5.73 Å². The first kappa shape index (κ1) is 24.4. The molecule has 3 rings (SSSR count). The lowest BCUT2D eigenvalue weighted by Gasteiger charge is -2.23. The number of benzene rings is 3. The summed E-state index contributed by atoms with van der Waals surface area (Å²) in [5.41, 5.74) is 8.48. The molecule has 0 saturated heterocycles. The first-order valence-corrected chi connectivity index (χ1v) is 12.0. The summed E-state index contributed by atoms with van der Waals surface area (Å²) < 4.78 is 41.7. The van der Waals surface area contributed by atoms with Crippen LogP contribution in [0.3, 0.4) is 0 Å². The van der Waals surface area contributed by atoms with Crippen molar-refractivity contribution in [2.24, 2.45) is 5.73 Å². The highest BCUT2D eigenvalue weighted by molar-refractivity contribution is 7.89. The summed E-state index contributed by atoms with van der Waals surface area (Å²) >= 11 is 0. The Kier molecular flexibility index (Phi) is 7.50. The lowest BCUT2D eigenvalue weighted by Crippen LogP contribution is -2.33. The van der Waals surface area contributed by atoms with Crippen LogP contribution in [-0.4, -0.2) is 30.2 Å². The number of phenols is 1. The number of hydrogen-bond acceptors (Lipinski definition) is 4. The molecule has 0 atom stereocenters. The van der Waals surface area contributed by atoms with Crippen LogP contribution in [0.25, 0.3) is 0 Å². The van der Waals surface area contributed by atoms with Crippen LogP contribution in [0.2, 0.25) is 0 Å². The maximum absolute atomic E-state index is 13.5. The highest BCUT2D eigenvalue weighted by atomic mass is 32.2. The van der Waals surface area contributed by atoms with Gasteiger partial charge in [0.1, 0.15) is 22.3 Å². The SMILES string of the molecule is CC(C)c1ccc(CCN(Cc2ccc(F)cc2)S(=O)(=O)c2cc(C(=N)N)ccc2O)cc1. The maximum atomic E-state index is 13.5. The van der Waals surface area contributed by atoms with Gasteiger partial charge in [-0.3, -0.25) is 5.41 Å². The van der Waals surface area contributed by atoms with Crippen LogP contribution in [0.15, 0.2) is 71.6 Å². The van der Waals surface area contributed by atoms with Crippen molar-refractivity contribution >= 4 is 15.9 Å². The van der Waals surface area contributed by atoms with E-state index in [0.717, 1.165) is 5.56 Å². The van der Waals surface area contributed by atoms with Crippen LogP contribution in [0.4, 0.5) is 4.39 Å². The Morgan fingerprint density at radius 2 is 1.64 bits per heavy atom. The van der Waals surface area contributed by atoms with E-state index in [1.165, 1.54) is 52.3 Å². The Hall–Kier alpha value is -3.23. The van der Waals surface area contributed by atoms with E-state index in [1.54, 1.807) is 0 Å². The van der Waals surface area contributed by atoms with Crippen molar-refractivity contribution < 1.29 is 17.9 Å². The fraction of sp³-hybridized carbons (Fsp3) is 0.240. The Morgan fingerprint density at radius 3 is 2.21 bits per heavy atom. The number of sulfonamides is 1. The van der Waals surface area contributed by atoms with Gasteiger partial charge in [-0.2, -0.15) is 4.31 Å². The summed E-state index contributed by atoms with van der Waals surface area (Å²) in [5.74, 6) is -0.747. The van der Waals surface area contributed by atoms with Gasteiger partial charge in [-0.25, -0.2) is 12.8 Å². The van der Waals surface area contributed by atoms with Crippen LogP contribution >= 0.6 is 0 Å². The van der Waals surface area contributed by atoms with Crippen LogP contribution in [0.5, 0.6) is 5.75 Å². The number of aromatic hydroxyl groups is 1. The minimum atomic E-state index is -4.15. The van der Waals surface area contributed by atoms with Gasteiger partial charge in [0, 0.05) is 18.7 Å². The van der Waals surface area contributed by atoms with E-state index in [4.69, 9.17) is 11.1 Å². The fourth-order valence-corrected chi connectivity index (χ4v) is 4.97. The van der Waals surface area contributed by atoms with Gasteiger partial charge in [-0.05, 0) is 59.4 Å². The van der Waals surface area contributed by atoms with Gasteiger partial charge >= 0.3 is 0 Å². The van der Waals surface area contributed by atoms with E-state index >= 15 is 0 Å². The molecule has 174 valence electrons. The monoisotopic (exact) mass is 469 g/mol. The van der Waals surface area contributed by atoms with Gasteiger partial charge in [0.25, 0.3) is 0 Å². The normalized spacial score (nSPS) is 11.8. The first-order chi connectivity index (χ1) is 15.6. The van der Waals surface area contributed by atoms with Crippen LogP contribution in [0.1, 0.15) is 42.0 Å². The summed E-state index contributed by atoms with van der Waals surface area (Å²) in [6.45, 7) is 4.35. The van der Waals surface area contributed by atoms with Gasteiger partial charge in [0.15, 0.2) is 0 Å². The zero-order valence-corrected chi connectivity index (χ0v) is 19.4. The predicted molar refractivity (Wildman–Crippen MR) is 127 cm³/mol. The highest BCUT2D eigenvalue weighted by Crippen LogP contribution is 2.28. The van der Waals surface area contributed by atoms with Gasteiger partial charge < -0.3 is 10.8 Å². The van der Waals surface area contributed by atoms with Gasteiger partial charge in [0.2, 0.25) is 10.0 Å². The molecule has 0 aliphatic carbocycles. The maximum Gasteiger partial charge on any atom is 0.247 e. The molecule has 33 heavy (non-hydrogen) atoms. The van der Waals surface area contributed by atoms with Crippen molar-refractivity contribution in [2.75, 3.05) is 6.54 Å². The molecular weight excluding hydrogens is 441 g/mol. The van der Waals surface area contributed by atoms with E-state index in [9.17, 15) is 17.9 Å². The van der Waals surface area contributed by atoms with Crippen molar-refractivity contribution in [1.82, 2.24) is 4.31 Å². The molecule has 0 aromatic heterocycles. The van der Waals surface area contributed by atoms with Crippen molar-refractivity contribution in [3.63, 3.8) is 0 Å². The third kappa shape index (κ3) is 5.97. The average Bonchev–Trinajstić information content (AvgIpc) is 2.78. The van der Waals surface area contributed by atoms with E-state index < -0.39 is 21.6 Å². The second kappa shape index (κ2) is 10.1. The average molecular weight is 470 g/mol. The predicted octanol–water partition coefficient (Wildman–Crippen LogP) is 4.37. The molecule has 0 aliphatic heterocycles. The Labute approximate surface area is 194 Å². The van der Waals surface area contributed by atoms with Gasteiger partial charge in [-0.15, -0.1) is 0 Å². The van der Waals surface area contributed by atoms with E-state index in [0.29, 0.717) is 17.9 Å². The number of amidine groups is 1. The van der Waals surface area contributed by atoms with Crippen LogP contribution in [0, 0.1) is 11.2 Å². The van der Waals surface area contributed by atoms with Gasteiger partial charge in [0.05, 0.1) is 0 Å². The lowest BCUT2D eigenvalue weighted by molar-refractivity contribution is 0.402. The largest absolute Gasteiger partial charge is 0.507 e. The zero-order chi connectivity index (χ0) is 24.2. The molecule has 3 aromatic carbocycles. The number of nitrogen functional groups attached to an aromatic ring is 1. The number of phenolic OH excluding ortho intramolecular Hbond substituents is 1. The number of halogens is 1. The number of hydrogen-bond donors (Lipinski definition) is 3. The topological polar surface area (TPSA) is 107 Å². The number of nitrogens with zero attached hydrogens (tertiary/aromatic N) is 1. The van der Waals surface area contributed by atoms with E-state index in [1.807, 2.05) is 24.3 Å². The molecule has 4 N–H and O–H groups in total. The lowest BCUT2D eigenvalue weighted by atomic mass is 10.0. The van der Waals surface area contributed by atoms with Crippen molar-refractivity contribution in [3.8, 4) is 5.75 Å². The standard InChI is InChI=1S/C25H28FN3O3S/c1-17(2)20-7-3-18(4-8-20)13-14-29(16-19-5-10-22(26)11-6-19)33(31,32)24-15-21(25(27)28)9-12-23(24)30/h3-12,15,17,30H,13-14,16H2,1-2H3,(H3,27,28).